The summed E-state index contributed by atoms with van der Waals surface area (Å²) in [6.45, 7) is 2.43. The number of fused-ring (bicyclic) bond motifs is 1. The lowest BCUT2D eigenvalue weighted by molar-refractivity contribution is 0.0961. The lowest BCUT2D eigenvalue weighted by atomic mass is 10.1. The van der Waals surface area contributed by atoms with Crippen molar-refractivity contribution in [2.24, 2.45) is 0 Å². The number of aromatic nitrogens is 4. The van der Waals surface area contributed by atoms with Gasteiger partial charge < -0.3 is 4.74 Å². The first-order valence-electron chi connectivity index (χ1n) is 7.60. The average molecular weight is 321 g/mol. The van der Waals surface area contributed by atoms with Crippen LogP contribution in [0.4, 0.5) is 5.69 Å². The van der Waals surface area contributed by atoms with Crippen LogP contribution in [0.2, 0.25) is 0 Å². The van der Waals surface area contributed by atoms with Gasteiger partial charge in [-0.2, -0.15) is 5.10 Å². The minimum absolute atomic E-state index is 0.0598. The van der Waals surface area contributed by atoms with Gasteiger partial charge in [0.05, 0.1) is 11.7 Å². The summed E-state index contributed by atoms with van der Waals surface area (Å²) >= 11 is 0. The maximum absolute atomic E-state index is 13.1. The molecule has 0 radical (unpaired) electrons. The van der Waals surface area contributed by atoms with Gasteiger partial charge in [0.25, 0.3) is 5.91 Å². The summed E-state index contributed by atoms with van der Waals surface area (Å²) < 4.78 is 7.23. The zero-order valence-electron chi connectivity index (χ0n) is 13.0. The number of hydrogen-bond donors (Lipinski definition) is 0. The predicted octanol–water partition coefficient (Wildman–Crippen LogP) is 2.09. The van der Waals surface area contributed by atoms with Gasteiger partial charge in [-0.05, 0) is 31.2 Å². The molecule has 0 saturated heterocycles. The van der Waals surface area contributed by atoms with Crippen LogP contribution in [-0.4, -0.2) is 38.3 Å². The Hall–Kier alpha value is -3.22. The molecule has 1 unspecified atom stereocenters. The maximum Gasteiger partial charge on any atom is 0.258 e. The topological polar surface area (TPSA) is 73.1 Å². The van der Waals surface area contributed by atoms with E-state index in [0.29, 0.717) is 18.0 Å². The van der Waals surface area contributed by atoms with Gasteiger partial charge >= 0.3 is 0 Å². The van der Waals surface area contributed by atoms with E-state index >= 15 is 0 Å². The number of pyridine rings is 1. The van der Waals surface area contributed by atoms with Crippen molar-refractivity contribution >= 4 is 11.6 Å². The van der Waals surface area contributed by atoms with Crippen molar-refractivity contribution in [2.75, 3.05) is 11.5 Å². The number of ether oxygens (including phenoxy) is 1. The maximum atomic E-state index is 13.1. The van der Waals surface area contributed by atoms with Gasteiger partial charge in [-0.25, -0.2) is 14.6 Å². The van der Waals surface area contributed by atoms with E-state index in [9.17, 15) is 4.79 Å². The van der Waals surface area contributed by atoms with Gasteiger partial charge in [0, 0.05) is 11.8 Å². The van der Waals surface area contributed by atoms with Gasteiger partial charge in [-0.3, -0.25) is 9.69 Å². The van der Waals surface area contributed by atoms with E-state index in [1.165, 1.54) is 11.0 Å². The summed E-state index contributed by atoms with van der Waals surface area (Å²) in [6.07, 6.45) is 4.57. The van der Waals surface area contributed by atoms with Gasteiger partial charge in [0.15, 0.2) is 5.82 Å². The van der Waals surface area contributed by atoms with Gasteiger partial charge in [0.1, 0.15) is 25.0 Å². The zero-order chi connectivity index (χ0) is 16.5. The Kier molecular flexibility index (Phi) is 3.45. The molecule has 0 spiro atoms. The van der Waals surface area contributed by atoms with Crippen molar-refractivity contribution in [2.45, 2.75) is 13.0 Å². The highest BCUT2D eigenvalue weighted by Crippen LogP contribution is 2.34. The summed E-state index contributed by atoms with van der Waals surface area (Å²) in [5.74, 6) is 1.17. The Labute approximate surface area is 138 Å². The molecule has 3 aromatic rings. The Morgan fingerprint density at radius 2 is 2.17 bits per heavy atom. The molecule has 4 rings (SSSR count). The highest BCUT2D eigenvalue weighted by molar-refractivity contribution is 6.07. The number of anilines is 1. The number of nitrogens with zero attached hydrogens (tertiary/aromatic N) is 5. The SMILES string of the molecule is CC1COc2ccccc2N1C(=O)c1ccnc(-n2cncn2)c1. The van der Waals surface area contributed by atoms with Crippen LogP contribution in [0.15, 0.2) is 55.2 Å². The Morgan fingerprint density at radius 3 is 3.00 bits per heavy atom. The molecule has 7 nitrogen and oxygen atoms in total. The molecule has 24 heavy (non-hydrogen) atoms. The van der Waals surface area contributed by atoms with Crippen LogP contribution in [0.3, 0.4) is 0 Å². The second-order valence-corrected chi connectivity index (χ2v) is 5.55. The molecule has 1 atom stereocenters. The highest BCUT2D eigenvalue weighted by atomic mass is 16.5. The summed E-state index contributed by atoms with van der Waals surface area (Å²) in [5, 5.41) is 4.05. The molecule has 0 aliphatic carbocycles. The van der Waals surface area contributed by atoms with E-state index in [-0.39, 0.29) is 11.9 Å². The Balaban J connectivity index is 1.73. The lowest BCUT2D eigenvalue weighted by Crippen LogP contribution is -2.45. The predicted molar refractivity (Wildman–Crippen MR) is 87.4 cm³/mol. The fourth-order valence-electron chi connectivity index (χ4n) is 2.75. The largest absolute Gasteiger partial charge is 0.489 e. The molecular formula is C17H15N5O2. The van der Waals surface area contributed by atoms with Gasteiger partial charge in [-0.1, -0.05) is 12.1 Å². The number of rotatable bonds is 2. The number of benzene rings is 1. The minimum atomic E-state index is -0.0954. The van der Waals surface area contributed by atoms with Crippen LogP contribution in [0.5, 0.6) is 5.75 Å². The molecule has 0 bridgehead atoms. The lowest BCUT2D eigenvalue weighted by Gasteiger charge is -2.35. The van der Waals surface area contributed by atoms with Gasteiger partial charge in [0.2, 0.25) is 0 Å². The van der Waals surface area contributed by atoms with E-state index in [1.54, 1.807) is 29.6 Å². The van der Waals surface area contributed by atoms with E-state index in [4.69, 9.17) is 4.74 Å². The standard InChI is InChI=1S/C17H15N5O2/c1-12-9-24-15-5-3-2-4-14(15)22(12)17(23)13-6-7-19-16(8-13)21-11-18-10-20-21/h2-8,10-12H,9H2,1H3. The van der Waals surface area contributed by atoms with E-state index in [1.807, 2.05) is 31.2 Å². The third-order valence-corrected chi connectivity index (χ3v) is 3.91. The van der Waals surface area contributed by atoms with Crippen LogP contribution >= 0.6 is 0 Å². The first kappa shape index (κ1) is 14.4. The summed E-state index contributed by atoms with van der Waals surface area (Å²) in [4.78, 5) is 23.0. The van der Waals surface area contributed by atoms with Gasteiger partial charge in [-0.15, -0.1) is 0 Å². The van der Waals surface area contributed by atoms with Crippen molar-refractivity contribution in [1.82, 2.24) is 19.7 Å². The first-order valence-corrected chi connectivity index (χ1v) is 7.60. The van der Waals surface area contributed by atoms with Crippen LogP contribution in [0.25, 0.3) is 5.82 Å². The Bertz CT molecular complexity index is 878. The normalized spacial score (nSPS) is 16.4. The number of amides is 1. The average Bonchev–Trinajstić information content (AvgIpc) is 3.16. The third-order valence-electron chi connectivity index (χ3n) is 3.91. The quantitative estimate of drug-likeness (QED) is 0.722. The number of hydrogen-bond acceptors (Lipinski definition) is 5. The summed E-state index contributed by atoms with van der Waals surface area (Å²) in [5.41, 5.74) is 1.32. The fraction of sp³-hybridized carbons (Fsp3) is 0.176. The van der Waals surface area contributed by atoms with Crippen molar-refractivity contribution in [1.29, 1.82) is 0 Å². The van der Waals surface area contributed by atoms with E-state index < -0.39 is 0 Å². The van der Waals surface area contributed by atoms with Crippen LogP contribution in [0, 0.1) is 0 Å². The molecule has 1 aromatic carbocycles. The van der Waals surface area contributed by atoms with Crippen LogP contribution < -0.4 is 9.64 Å². The fourth-order valence-corrected chi connectivity index (χ4v) is 2.75. The molecule has 7 heteroatoms. The monoisotopic (exact) mass is 321 g/mol. The molecule has 1 aliphatic rings. The number of carbonyl (C=O) groups excluding carboxylic acids is 1. The minimum Gasteiger partial charge on any atom is -0.489 e. The smallest absolute Gasteiger partial charge is 0.258 e. The van der Waals surface area contributed by atoms with Crippen molar-refractivity contribution in [3.63, 3.8) is 0 Å². The molecule has 0 N–H and O–H groups in total. The van der Waals surface area contributed by atoms with Crippen LogP contribution in [-0.2, 0) is 0 Å². The summed E-state index contributed by atoms with van der Waals surface area (Å²) in [6, 6.07) is 10.9. The number of carbonyl (C=O) groups is 1. The van der Waals surface area contributed by atoms with E-state index in [2.05, 4.69) is 15.1 Å². The van der Waals surface area contributed by atoms with Crippen molar-refractivity contribution in [3.05, 3.63) is 60.8 Å². The second kappa shape index (κ2) is 5.77. The number of para-hydroxylation sites is 2. The van der Waals surface area contributed by atoms with E-state index in [0.717, 1.165) is 11.4 Å². The van der Waals surface area contributed by atoms with Crippen molar-refractivity contribution < 1.29 is 9.53 Å². The highest BCUT2D eigenvalue weighted by Gasteiger charge is 2.30. The molecule has 120 valence electrons. The zero-order valence-corrected chi connectivity index (χ0v) is 13.0. The molecule has 2 aromatic heterocycles. The third kappa shape index (κ3) is 2.40. The molecule has 1 amide bonds. The molecule has 0 saturated carbocycles. The van der Waals surface area contributed by atoms with Crippen LogP contribution in [0.1, 0.15) is 17.3 Å². The summed E-state index contributed by atoms with van der Waals surface area (Å²) in [7, 11) is 0. The molecular weight excluding hydrogens is 306 g/mol. The molecule has 1 aliphatic heterocycles. The molecule has 0 fully saturated rings. The first-order chi connectivity index (χ1) is 11.7. The Morgan fingerprint density at radius 1 is 1.29 bits per heavy atom. The van der Waals surface area contributed by atoms with Crippen molar-refractivity contribution in [3.8, 4) is 11.6 Å². The second-order valence-electron chi connectivity index (χ2n) is 5.55. The molecule has 3 heterocycles.